The Hall–Kier alpha value is -7.45. The number of rotatable bonds is 6. The quantitative estimate of drug-likeness (QED) is 0.157. The molecule has 10 aromatic carbocycles. The molecule has 0 saturated carbocycles. The minimum absolute atomic E-state index is 0.860. The molecule has 0 aliphatic carbocycles. The minimum Gasteiger partial charge on any atom is -0.310 e. The zero-order chi connectivity index (χ0) is 39.8. The fourth-order valence-electron chi connectivity index (χ4n) is 9.53. The maximum atomic E-state index is 15.9. The van der Waals surface area contributed by atoms with Gasteiger partial charge in [0.15, 0.2) is 7.14 Å². The molecule has 1 aliphatic rings. The van der Waals surface area contributed by atoms with Crippen molar-refractivity contribution in [2.45, 2.75) is 0 Å². The number of nitrogens with zero attached hydrogens (tertiary/aromatic N) is 2. The fraction of sp³-hybridized carbons (Fsp3) is 0. The largest absolute Gasteiger partial charge is 0.310 e. The summed E-state index contributed by atoms with van der Waals surface area (Å²) in [6.07, 6.45) is 0. The van der Waals surface area contributed by atoms with Crippen LogP contribution < -0.4 is 20.8 Å². The van der Waals surface area contributed by atoms with Crippen LogP contribution in [0.4, 0.5) is 17.1 Å². The first-order valence-electron chi connectivity index (χ1n) is 20.4. The summed E-state index contributed by atoms with van der Waals surface area (Å²) in [5.74, 6) is 0. The van der Waals surface area contributed by atoms with E-state index in [2.05, 4.69) is 198 Å². The Bertz CT molecular complexity index is 3440. The molecule has 0 amide bonds. The van der Waals surface area contributed by atoms with Crippen LogP contribution in [0.3, 0.4) is 0 Å². The van der Waals surface area contributed by atoms with Crippen molar-refractivity contribution in [1.29, 1.82) is 0 Å². The Labute approximate surface area is 348 Å². The van der Waals surface area contributed by atoms with E-state index < -0.39 is 7.14 Å². The smallest absolute Gasteiger partial charge is 0.174 e. The molecule has 11 aromatic rings. The zero-order valence-corrected chi connectivity index (χ0v) is 33.5. The highest BCUT2D eigenvalue weighted by molar-refractivity contribution is 7.86. The standard InChI is InChI=1S/C56H37N2OP/c59-60(48-16-2-1-3-17-48)54-21-11-9-19-50(54)52-35-34-51-49-18-8-10-20-53(49)58(55(51)56(52)60)45-30-24-41(25-31-45)40-22-28-44(29-23-40)57(46-32-26-38-12-4-6-14-42(38)36-46)47-33-27-39-13-5-7-15-43(39)37-47/h1-37H. The van der Waals surface area contributed by atoms with Gasteiger partial charge in [0, 0.05) is 44.1 Å². The van der Waals surface area contributed by atoms with Gasteiger partial charge < -0.3 is 14.0 Å². The number of hydrogen-bond donors (Lipinski definition) is 0. The van der Waals surface area contributed by atoms with Crippen molar-refractivity contribution in [2.24, 2.45) is 0 Å². The summed E-state index contributed by atoms with van der Waals surface area (Å²) in [4.78, 5) is 2.35. The van der Waals surface area contributed by atoms with Crippen LogP contribution in [0.5, 0.6) is 0 Å². The van der Waals surface area contributed by atoms with Crippen molar-refractivity contribution in [2.75, 3.05) is 4.90 Å². The third-order valence-corrected chi connectivity index (χ3v) is 15.5. The van der Waals surface area contributed by atoms with Crippen LogP contribution in [0.15, 0.2) is 224 Å². The molecule has 3 nitrogen and oxygen atoms in total. The molecule has 1 aliphatic heterocycles. The van der Waals surface area contributed by atoms with E-state index in [0.29, 0.717) is 0 Å². The van der Waals surface area contributed by atoms with E-state index in [1.807, 2.05) is 36.4 Å². The molecule has 1 aromatic heterocycles. The molecule has 0 spiro atoms. The highest BCUT2D eigenvalue weighted by Crippen LogP contribution is 2.55. The second kappa shape index (κ2) is 13.6. The second-order valence-corrected chi connectivity index (χ2v) is 18.3. The molecule has 4 heteroatoms. The number of anilines is 3. The van der Waals surface area contributed by atoms with Crippen molar-refractivity contribution in [3.63, 3.8) is 0 Å². The van der Waals surface area contributed by atoms with Gasteiger partial charge in [-0.25, -0.2) is 0 Å². The predicted molar refractivity (Wildman–Crippen MR) is 254 cm³/mol. The van der Waals surface area contributed by atoms with Crippen molar-refractivity contribution >= 4 is 83.5 Å². The summed E-state index contributed by atoms with van der Waals surface area (Å²) in [6.45, 7) is 0. The topological polar surface area (TPSA) is 25.2 Å². The first-order chi connectivity index (χ1) is 29.6. The maximum Gasteiger partial charge on any atom is 0.174 e. The van der Waals surface area contributed by atoms with Crippen LogP contribution in [-0.4, -0.2) is 4.57 Å². The van der Waals surface area contributed by atoms with Gasteiger partial charge in [0.1, 0.15) is 0 Å². The number of para-hydroxylation sites is 1. The predicted octanol–water partition coefficient (Wildman–Crippen LogP) is 13.8. The lowest BCUT2D eigenvalue weighted by Crippen LogP contribution is -2.22. The number of aromatic nitrogens is 1. The Morgan fingerprint density at radius 3 is 1.63 bits per heavy atom. The van der Waals surface area contributed by atoms with Gasteiger partial charge in [-0.1, -0.05) is 170 Å². The van der Waals surface area contributed by atoms with Gasteiger partial charge in [-0.3, -0.25) is 0 Å². The second-order valence-electron chi connectivity index (χ2n) is 15.7. The van der Waals surface area contributed by atoms with E-state index in [1.54, 1.807) is 0 Å². The third kappa shape index (κ3) is 5.26. The van der Waals surface area contributed by atoms with Gasteiger partial charge in [0.2, 0.25) is 0 Å². The molecule has 0 N–H and O–H groups in total. The number of fused-ring (bicyclic) bond motifs is 9. The monoisotopic (exact) mass is 784 g/mol. The van der Waals surface area contributed by atoms with Crippen LogP contribution in [0, 0.1) is 0 Å². The Balaban J connectivity index is 0.970. The van der Waals surface area contributed by atoms with Crippen LogP contribution in [0.1, 0.15) is 0 Å². The van der Waals surface area contributed by atoms with Gasteiger partial charge in [0.05, 0.1) is 16.3 Å². The first kappa shape index (κ1) is 34.6. The summed E-state index contributed by atoms with van der Waals surface area (Å²) in [6, 6.07) is 79.5. The normalized spacial score (nSPS) is 14.5. The lowest BCUT2D eigenvalue weighted by molar-refractivity contribution is 0.593. The van der Waals surface area contributed by atoms with Crippen LogP contribution in [0.25, 0.3) is 71.3 Å². The highest BCUT2D eigenvalue weighted by atomic mass is 31.2. The zero-order valence-electron chi connectivity index (χ0n) is 32.6. The molecule has 60 heavy (non-hydrogen) atoms. The van der Waals surface area contributed by atoms with Gasteiger partial charge in [-0.2, -0.15) is 0 Å². The molecular weight excluding hydrogens is 748 g/mol. The molecule has 0 radical (unpaired) electrons. The Kier molecular flexibility index (Phi) is 7.82. The fourth-order valence-corrected chi connectivity index (χ4v) is 12.8. The summed E-state index contributed by atoms with van der Waals surface area (Å²) in [5, 5.41) is 9.80. The summed E-state index contributed by atoms with van der Waals surface area (Å²) in [5.41, 5.74) is 10.8. The third-order valence-electron chi connectivity index (χ3n) is 12.3. The van der Waals surface area contributed by atoms with E-state index in [0.717, 1.165) is 82.7 Å². The minimum atomic E-state index is -3.22. The molecule has 0 fully saturated rings. The van der Waals surface area contributed by atoms with Gasteiger partial charge in [-0.15, -0.1) is 0 Å². The lowest BCUT2D eigenvalue weighted by atomic mass is 10.0. The van der Waals surface area contributed by atoms with Crippen molar-refractivity contribution in [3.05, 3.63) is 224 Å². The highest BCUT2D eigenvalue weighted by Gasteiger charge is 2.42. The molecule has 0 saturated heterocycles. The van der Waals surface area contributed by atoms with Crippen LogP contribution >= 0.6 is 7.14 Å². The summed E-state index contributed by atoms with van der Waals surface area (Å²) in [7, 11) is -3.22. The Morgan fingerprint density at radius 2 is 0.950 bits per heavy atom. The molecule has 2 heterocycles. The molecule has 282 valence electrons. The first-order valence-corrected chi connectivity index (χ1v) is 22.2. The average molecular weight is 785 g/mol. The molecule has 1 unspecified atom stereocenters. The molecule has 1 atom stereocenters. The Morgan fingerprint density at radius 1 is 0.400 bits per heavy atom. The van der Waals surface area contributed by atoms with E-state index >= 15 is 4.57 Å². The van der Waals surface area contributed by atoms with E-state index in [-0.39, 0.29) is 0 Å². The van der Waals surface area contributed by atoms with Crippen molar-refractivity contribution in [3.8, 4) is 27.9 Å². The van der Waals surface area contributed by atoms with Crippen LogP contribution in [-0.2, 0) is 4.57 Å². The maximum absolute atomic E-state index is 15.9. The van der Waals surface area contributed by atoms with Crippen molar-refractivity contribution < 1.29 is 4.57 Å². The summed E-state index contributed by atoms with van der Waals surface area (Å²) < 4.78 is 18.3. The molecule has 12 rings (SSSR count). The van der Waals surface area contributed by atoms with Crippen molar-refractivity contribution in [1.82, 2.24) is 4.57 Å². The number of hydrogen-bond acceptors (Lipinski definition) is 2. The SMILES string of the molecule is O=P1(c2ccccc2)c2ccccc2-c2ccc3c4ccccc4n(-c4ccc(-c5ccc(N(c6ccc7ccccc7c6)c6ccc7ccccc7c6)cc5)cc4)c3c21. The summed E-state index contributed by atoms with van der Waals surface area (Å²) >= 11 is 0. The molecular formula is C56H37N2OP. The van der Waals surface area contributed by atoms with E-state index in [1.165, 1.54) is 21.5 Å². The van der Waals surface area contributed by atoms with E-state index in [4.69, 9.17) is 0 Å². The lowest BCUT2D eigenvalue weighted by Gasteiger charge is -2.26. The average Bonchev–Trinajstić information content (AvgIpc) is 3.79. The van der Waals surface area contributed by atoms with Gasteiger partial charge >= 0.3 is 0 Å². The van der Waals surface area contributed by atoms with Gasteiger partial charge in [0.25, 0.3) is 0 Å². The van der Waals surface area contributed by atoms with E-state index in [9.17, 15) is 0 Å². The molecule has 0 bridgehead atoms. The van der Waals surface area contributed by atoms with Crippen LogP contribution in [0.2, 0.25) is 0 Å². The van der Waals surface area contributed by atoms with Gasteiger partial charge in [-0.05, 0) is 98.4 Å². The number of benzene rings is 10.